The van der Waals surface area contributed by atoms with Crippen molar-refractivity contribution < 1.29 is 36.6 Å². The summed E-state index contributed by atoms with van der Waals surface area (Å²) in [6, 6.07) is 2.95. The maximum atomic E-state index is 14.4. The molecule has 0 saturated heterocycles. The van der Waals surface area contributed by atoms with E-state index in [1.165, 1.54) is 12.3 Å². The first kappa shape index (κ1) is 23.6. The van der Waals surface area contributed by atoms with Crippen molar-refractivity contribution in [2.75, 3.05) is 6.61 Å². The number of benzene rings is 1. The summed E-state index contributed by atoms with van der Waals surface area (Å²) >= 11 is 1.91. The lowest BCUT2D eigenvalue weighted by molar-refractivity contribution is -0.119. The Bertz CT molecular complexity index is 986. The molecule has 1 fully saturated rings. The lowest BCUT2D eigenvalue weighted by Crippen LogP contribution is -2.38. The molecule has 1 aliphatic rings. The van der Waals surface area contributed by atoms with Gasteiger partial charge in [-0.05, 0) is 49.4 Å². The number of hydrogen-bond acceptors (Lipinski definition) is 5. The molecule has 3 rings (SSSR count). The number of hydrogen-bond donors (Lipinski definition) is 0. The van der Waals surface area contributed by atoms with Gasteiger partial charge in [-0.1, -0.05) is 0 Å². The quantitative estimate of drug-likeness (QED) is 0.245. The van der Waals surface area contributed by atoms with Crippen LogP contribution >= 0.6 is 22.6 Å². The molecule has 0 unspecified atom stereocenters. The van der Waals surface area contributed by atoms with Gasteiger partial charge in [-0.15, -0.1) is 0 Å². The molecule has 1 saturated carbocycles. The number of nitrogens with zero attached hydrogens (tertiary/aromatic N) is 1. The average molecular weight is 553 g/mol. The van der Waals surface area contributed by atoms with E-state index in [-0.39, 0.29) is 37.0 Å². The lowest BCUT2D eigenvalue weighted by Gasteiger charge is -2.34. The van der Waals surface area contributed by atoms with Crippen LogP contribution < -0.4 is 9.47 Å². The molecular weight excluding hydrogens is 533 g/mol. The smallest absolute Gasteiger partial charge is 0.341 e. The normalized spacial score (nSPS) is 15.9. The first-order valence-electron chi connectivity index (χ1n) is 9.39. The highest BCUT2D eigenvalue weighted by Crippen LogP contribution is 2.42. The summed E-state index contributed by atoms with van der Waals surface area (Å²) in [5.74, 6) is -5.89. The highest BCUT2D eigenvalue weighted by molar-refractivity contribution is 14.1. The van der Waals surface area contributed by atoms with E-state index in [1.807, 2.05) is 22.6 Å². The van der Waals surface area contributed by atoms with Gasteiger partial charge in [0.1, 0.15) is 17.2 Å². The van der Waals surface area contributed by atoms with Crippen molar-refractivity contribution in [3.05, 3.63) is 45.2 Å². The van der Waals surface area contributed by atoms with Crippen LogP contribution in [0.4, 0.5) is 17.6 Å². The van der Waals surface area contributed by atoms with E-state index in [0.29, 0.717) is 9.64 Å². The SMILES string of the molecule is CC(C)(C)OC(=O)c1cc(F)c(Oc2cnc(OCC3CC(F)(F)C3)c(I)c2)cc1F. The van der Waals surface area contributed by atoms with Crippen molar-refractivity contribution in [1.82, 2.24) is 4.98 Å². The minimum atomic E-state index is -2.62. The predicted molar refractivity (Wildman–Crippen MR) is 112 cm³/mol. The van der Waals surface area contributed by atoms with Crippen LogP contribution in [0.5, 0.6) is 17.4 Å². The Morgan fingerprint density at radius 2 is 1.87 bits per heavy atom. The van der Waals surface area contributed by atoms with Gasteiger partial charge in [0.25, 0.3) is 0 Å². The third-order valence-electron chi connectivity index (χ3n) is 4.28. The van der Waals surface area contributed by atoms with Crippen molar-refractivity contribution in [3.63, 3.8) is 0 Å². The van der Waals surface area contributed by atoms with E-state index in [0.717, 1.165) is 6.07 Å². The molecule has 2 aromatic rings. The van der Waals surface area contributed by atoms with Gasteiger partial charge in [0, 0.05) is 30.9 Å². The second kappa shape index (κ2) is 8.79. The van der Waals surface area contributed by atoms with E-state index >= 15 is 0 Å². The molecular formula is C21H20F4INO4. The minimum absolute atomic E-state index is 0.107. The standard InChI is InChI=1S/C21H20F4INO4/c1-20(2,3)31-19(28)13-5-15(23)17(6-14(13)22)30-12-4-16(26)18(27-9-12)29-10-11-7-21(24,25)8-11/h4-6,9,11H,7-8,10H2,1-3H3. The number of halogens is 5. The van der Waals surface area contributed by atoms with Crippen molar-refractivity contribution in [2.24, 2.45) is 5.92 Å². The van der Waals surface area contributed by atoms with E-state index in [9.17, 15) is 22.4 Å². The zero-order valence-corrected chi connectivity index (χ0v) is 19.1. The van der Waals surface area contributed by atoms with Crippen LogP contribution in [-0.4, -0.2) is 29.1 Å². The van der Waals surface area contributed by atoms with Crippen LogP contribution in [0.2, 0.25) is 0 Å². The Labute approximate surface area is 190 Å². The molecule has 0 spiro atoms. The van der Waals surface area contributed by atoms with Gasteiger partial charge in [-0.2, -0.15) is 0 Å². The topological polar surface area (TPSA) is 57.7 Å². The molecule has 0 amide bonds. The second-order valence-corrected chi connectivity index (χ2v) is 9.43. The monoisotopic (exact) mass is 553 g/mol. The Balaban J connectivity index is 1.67. The molecule has 0 atom stereocenters. The fraction of sp³-hybridized carbons (Fsp3) is 0.429. The van der Waals surface area contributed by atoms with Gasteiger partial charge in [0.2, 0.25) is 11.8 Å². The van der Waals surface area contributed by atoms with E-state index < -0.39 is 40.4 Å². The number of aromatic nitrogens is 1. The number of carbonyl (C=O) groups is 1. The Kier molecular flexibility index (Phi) is 6.68. The summed E-state index contributed by atoms with van der Waals surface area (Å²) in [6.07, 6.45) is 0.815. The molecule has 0 N–H and O–H groups in total. The van der Waals surface area contributed by atoms with Crippen molar-refractivity contribution in [1.29, 1.82) is 0 Å². The summed E-state index contributed by atoms with van der Waals surface area (Å²) < 4.78 is 70.9. The van der Waals surface area contributed by atoms with Gasteiger partial charge in [-0.3, -0.25) is 0 Å². The number of pyridine rings is 1. The zero-order valence-electron chi connectivity index (χ0n) is 17.0. The molecule has 1 aromatic heterocycles. The molecule has 1 heterocycles. The van der Waals surface area contributed by atoms with E-state index in [1.54, 1.807) is 20.8 Å². The Hall–Kier alpha value is -2.11. The first-order chi connectivity index (χ1) is 14.3. The number of esters is 1. The number of rotatable bonds is 6. The highest BCUT2D eigenvalue weighted by Gasteiger charge is 2.45. The number of alkyl halides is 2. The van der Waals surface area contributed by atoms with Gasteiger partial charge in [0.15, 0.2) is 11.6 Å². The largest absolute Gasteiger partial charge is 0.477 e. The van der Waals surface area contributed by atoms with Crippen molar-refractivity contribution in [2.45, 2.75) is 45.1 Å². The molecule has 0 radical (unpaired) electrons. The van der Waals surface area contributed by atoms with Crippen LogP contribution in [-0.2, 0) is 4.74 Å². The number of carbonyl (C=O) groups excluding carboxylic acids is 1. The summed E-state index contributed by atoms with van der Waals surface area (Å²) in [4.78, 5) is 16.1. The molecule has 0 aliphatic heterocycles. The van der Waals surface area contributed by atoms with Crippen LogP contribution in [0.3, 0.4) is 0 Å². The maximum absolute atomic E-state index is 14.4. The summed E-state index contributed by atoms with van der Waals surface area (Å²) in [6.45, 7) is 4.95. The maximum Gasteiger partial charge on any atom is 0.341 e. The Morgan fingerprint density at radius 3 is 2.45 bits per heavy atom. The molecule has 5 nitrogen and oxygen atoms in total. The second-order valence-electron chi connectivity index (χ2n) is 8.27. The average Bonchev–Trinajstić information content (AvgIpc) is 2.60. The highest BCUT2D eigenvalue weighted by atomic mass is 127. The van der Waals surface area contributed by atoms with Crippen LogP contribution in [0.1, 0.15) is 44.0 Å². The van der Waals surface area contributed by atoms with Crippen LogP contribution in [0.25, 0.3) is 0 Å². The van der Waals surface area contributed by atoms with Gasteiger partial charge >= 0.3 is 5.97 Å². The van der Waals surface area contributed by atoms with Crippen LogP contribution in [0, 0.1) is 21.1 Å². The van der Waals surface area contributed by atoms with Crippen molar-refractivity contribution >= 4 is 28.6 Å². The molecule has 10 heteroatoms. The minimum Gasteiger partial charge on any atom is -0.477 e. The first-order valence-corrected chi connectivity index (χ1v) is 10.5. The fourth-order valence-corrected chi connectivity index (χ4v) is 3.49. The molecule has 0 bridgehead atoms. The molecule has 1 aromatic carbocycles. The third-order valence-corrected chi connectivity index (χ3v) is 5.05. The Morgan fingerprint density at radius 1 is 1.19 bits per heavy atom. The van der Waals surface area contributed by atoms with Gasteiger partial charge in [-0.25, -0.2) is 27.3 Å². The summed E-state index contributed by atoms with van der Waals surface area (Å²) in [5, 5.41) is 0. The van der Waals surface area contributed by atoms with Crippen LogP contribution in [0.15, 0.2) is 24.4 Å². The van der Waals surface area contributed by atoms with Gasteiger partial charge < -0.3 is 14.2 Å². The fourth-order valence-electron chi connectivity index (χ4n) is 2.89. The molecule has 168 valence electrons. The number of ether oxygens (including phenoxy) is 3. The molecule has 31 heavy (non-hydrogen) atoms. The third kappa shape index (κ3) is 6.20. The van der Waals surface area contributed by atoms with E-state index in [2.05, 4.69) is 4.98 Å². The molecule has 1 aliphatic carbocycles. The summed E-state index contributed by atoms with van der Waals surface area (Å²) in [7, 11) is 0. The van der Waals surface area contributed by atoms with E-state index in [4.69, 9.17) is 14.2 Å². The van der Waals surface area contributed by atoms with Crippen molar-refractivity contribution in [3.8, 4) is 17.4 Å². The summed E-state index contributed by atoms with van der Waals surface area (Å²) in [5.41, 5.74) is -1.40. The lowest BCUT2D eigenvalue weighted by atomic mass is 9.82. The zero-order chi connectivity index (χ0) is 23.0. The van der Waals surface area contributed by atoms with Gasteiger partial charge in [0.05, 0.1) is 21.9 Å². The predicted octanol–water partition coefficient (Wildman–Crippen LogP) is 6.14.